The summed E-state index contributed by atoms with van der Waals surface area (Å²) in [5.74, 6) is -0.0666. The SMILES string of the molecule is CCCCCCCCCCCCCCOC(=O)CC.CCOCC. The number of esters is 1. The van der Waals surface area contributed by atoms with Gasteiger partial charge in [0.25, 0.3) is 0 Å². The van der Waals surface area contributed by atoms with Gasteiger partial charge in [0.2, 0.25) is 0 Å². The van der Waals surface area contributed by atoms with Crippen molar-refractivity contribution in [2.75, 3.05) is 19.8 Å². The molecule has 0 N–H and O–H groups in total. The summed E-state index contributed by atoms with van der Waals surface area (Å²) in [6.45, 7) is 10.4. The van der Waals surface area contributed by atoms with Gasteiger partial charge in [0.1, 0.15) is 0 Å². The van der Waals surface area contributed by atoms with E-state index in [2.05, 4.69) is 6.92 Å². The number of carbonyl (C=O) groups is 1. The second kappa shape index (κ2) is 24.7. The molecule has 0 aliphatic carbocycles. The Hall–Kier alpha value is -0.570. The summed E-state index contributed by atoms with van der Waals surface area (Å²) in [5, 5.41) is 0. The second-order valence-electron chi connectivity index (χ2n) is 6.24. The monoisotopic (exact) mass is 344 g/mol. The number of carbonyl (C=O) groups excluding carboxylic acids is 1. The minimum Gasteiger partial charge on any atom is -0.466 e. The maximum absolute atomic E-state index is 10.9. The molecule has 3 heteroatoms. The first-order valence-corrected chi connectivity index (χ1v) is 10.5. The van der Waals surface area contributed by atoms with E-state index < -0.39 is 0 Å². The van der Waals surface area contributed by atoms with E-state index in [4.69, 9.17) is 9.47 Å². The normalized spacial score (nSPS) is 10.2. The van der Waals surface area contributed by atoms with Crippen molar-refractivity contribution in [1.82, 2.24) is 0 Å². The van der Waals surface area contributed by atoms with Crippen LogP contribution in [-0.2, 0) is 14.3 Å². The molecule has 0 amide bonds. The third kappa shape index (κ3) is 26.3. The van der Waals surface area contributed by atoms with E-state index in [0.717, 1.165) is 19.6 Å². The lowest BCUT2D eigenvalue weighted by Gasteiger charge is -2.04. The molecule has 24 heavy (non-hydrogen) atoms. The van der Waals surface area contributed by atoms with Crippen LogP contribution in [0.25, 0.3) is 0 Å². The molecule has 0 aromatic rings. The quantitative estimate of drug-likeness (QED) is 0.231. The van der Waals surface area contributed by atoms with Gasteiger partial charge in [-0.15, -0.1) is 0 Å². The van der Waals surface area contributed by atoms with Gasteiger partial charge >= 0.3 is 5.97 Å². The van der Waals surface area contributed by atoms with Crippen LogP contribution in [0.1, 0.15) is 111 Å². The van der Waals surface area contributed by atoms with Gasteiger partial charge in [0, 0.05) is 19.6 Å². The fraction of sp³-hybridized carbons (Fsp3) is 0.952. The van der Waals surface area contributed by atoms with E-state index in [1.807, 2.05) is 20.8 Å². The van der Waals surface area contributed by atoms with Crippen molar-refractivity contribution in [3.8, 4) is 0 Å². The van der Waals surface area contributed by atoms with E-state index in [-0.39, 0.29) is 5.97 Å². The molecular formula is C21H44O3. The van der Waals surface area contributed by atoms with E-state index >= 15 is 0 Å². The van der Waals surface area contributed by atoms with Crippen molar-refractivity contribution in [3.63, 3.8) is 0 Å². The number of unbranched alkanes of at least 4 members (excludes halogenated alkanes) is 11. The summed E-state index contributed by atoms with van der Waals surface area (Å²) < 4.78 is 9.88. The molecule has 146 valence electrons. The Kier molecular flexibility index (Phi) is 26.4. The van der Waals surface area contributed by atoms with Crippen LogP contribution >= 0.6 is 0 Å². The van der Waals surface area contributed by atoms with Crippen LogP contribution < -0.4 is 0 Å². The molecule has 0 aliphatic rings. The van der Waals surface area contributed by atoms with Gasteiger partial charge in [-0.1, -0.05) is 84.5 Å². The van der Waals surface area contributed by atoms with Gasteiger partial charge in [-0.2, -0.15) is 0 Å². The lowest BCUT2D eigenvalue weighted by molar-refractivity contribution is -0.143. The first kappa shape index (κ1) is 25.7. The van der Waals surface area contributed by atoms with Crippen LogP contribution in [0.3, 0.4) is 0 Å². The number of hydrogen-bond donors (Lipinski definition) is 0. The van der Waals surface area contributed by atoms with Crippen LogP contribution in [-0.4, -0.2) is 25.8 Å². The van der Waals surface area contributed by atoms with Crippen LogP contribution in [0.15, 0.2) is 0 Å². The zero-order chi connectivity index (χ0) is 18.3. The molecule has 0 fully saturated rings. The Balaban J connectivity index is 0. The fourth-order valence-corrected chi connectivity index (χ4v) is 2.44. The van der Waals surface area contributed by atoms with E-state index in [9.17, 15) is 4.79 Å². The number of ether oxygens (including phenoxy) is 2. The zero-order valence-corrected chi connectivity index (χ0v) is 17.0. The second-order valence-corrected chi connectivity index (χ2v) is 6.24. The van der Waals surface area contributed by atoms with Crippen molar-refractivity contribution >= 4 is 5.97 Å². The lowest BCUT2D eigenvalue weighted by Crippen LogP contribution is -2.03. The number of rotatable bonds is 16. The number of hydrogen-bond acceptors (Lipinski definition) is 3. The molecule has 0 saturated heterocycles. The molecule has 0 saturated carbocycles. The molecule has 3 nitrogen and oxygen atoms in total. The third-order valence-electron chi connectivity index (χ3n) is 3.96. The Morgan fingerprint density at radius 2 is 1.04 bits per heavy atom. The predicted octanol–water partition coefficient (Wildman–Crippen LogP) is 6.68. The molecular weight excluding hydrogens is 300 g/mol. The van der Waals surface area contributed by atoms with Crippen LogP contribution in [0, 0.1) is 0 Å². The standard InChI is InChI=1S/C17H34O2.C4H10O/c1-3-5-6-7-8-9-10-11-12-13-14-15-16-19-17(18)4-2;1-3-5-4-2/h3-16H2,1-2H3;3-4H2,1-2H3. The highest BCUT2D eigenvalue weighted by atomic mass is 16.5. The molecule has 0 aromatic heterocycles. The molecule has 0 heterocycles. The molecule has 0 atom stereocenters. The van der Waals surface area contributed by atoms with E-state index in [0.29, 0.717) is 13.0 Å². The predicted molar refractivity (Wildman–Crippen MR) is 104 cm³/mol. The Labute approximate surface area is 151 Å². The summed E-state index contributed by atoms with van der Waals surface area (Å²) in [6.07, 6.45) is 16.6. The average Bonchev–Trinajstić information content (AvgIpc) is 2.60. The largest absolute Gasteiger partial charge is 0.466 e. The lowest BCUT2D eigenvalue weighted by atomic mass is 10.1. The third-order valence-corrected chi connectivity index (χ3v) is 3.96. The zero-order valence-electron chi connectivity index (χ0n) is 17.0. The average molecular weight is 345 g/mol. The molecule has 0 aromatic carbocycles. The topological polar surface area (TPSA) is 35.5 Å². The van der Waals surface area contributed by atoms with Crippen LogP contribution in [0.2, 0.25) is 0 Å². The van der Waals surface area contributed by atoms with Gasteiger partial charge in [-0.25, -0.2) is 0 Å². The van der Waals surface area contributed by atoms with E-state index in [1.54, 1.807) is 0 Å². The first-order valence-electron chi connectivity index (χ1n) is 10.5. The van der Waals surface area contributed by atoms with Gasteiger partial charge in [-0.3, -0.25) is 4.79 Å². The van der Waals surface area contributed by atoms with Crippen molar-refractivity contribution in [3.05, 3.63) is 0 Å². The van der Waals surface area contributed by atoms with Gasteiger partial charge in [0.05, 0.1) is 6.61 Å². The minimum absolute atomic E-state index is 0.0666. The highest BCUT2D eigenvalue weighted by Crippen LogP contribution is 2.11. The summed E-state index contributed by atoms with van der Waals surface area (Å²) in [4.78, 5) is 10.9. The Bertz CT molecular complexity index is 227. The minimum atomic E-state index is -0.0666. The van der Waals surface area contributed by atoms with Gasteiger partial charge in [0.15, 0.2) is 0 Å². The molecule has 0 unspecified atom stereocenters. The summed E-state index contributed by atoms with van der Waals surface area (Å²) in [6, 6.07) is 0. The Morgan fingerprint density at radius 1 is 0.625 bits per heavy atom. The fourth-order valence-electron chi connectivity index (χ4n) is 2.44. The first-order chi connectivity index (χ1) is 11.7. The highest BCUT2D eigenvalue weighted by molar-refractivity contribution is 5.68. The van der Waals surface area contributed by atoms with Gasteiger partial charge in [-0.05, 0) is 20.3 Å². The van der Waals surface area contributed by atoms with Gasteiger partial charge < -0.3 is 9.47 Å². The smallest absolute Gasteiger partial charge is 0.305 e. The maximum Gasteiger partial charge on any atom is 0.305 e. The summed E-state index contributed by atoms with van der Waals surface area (Å²) in [5.41, 5.74) is 0. The van der Waals surface area contributed by atoms with Crippen molar-refractivity contribution in [1.29, 1.82) is 0 Å². The van der Waals surface area contributed by atoms with Crippen molar-refractivity contribution < 1.29 is 14.3 Å². The molecule has 0 bridgehead atoms. The van der Waals surface area contributed by atoms with Crippen LogP contribution in [0.5, 0.6) is 0 Å². The molecule has 0 radical (unpaired) electrons. The molecule has 0 rings (SSSR count). The molecule has 0 spiro atoms. The van der Waals surface area contributed by atoms with E-state index in [1.165, 1.54) is 70.6 Å². The molecule has 0 aliphatic heterocycles. The summed E-state index contributed by atoms with van der Waals surface area (Å²) in [7, 11) is 0. The maximum atomic E-state index is 10.9. The van der Waals surface area contributed by atoms with Crippen LogP contribution in [0.4, 0.5) is 0 Å². The highest BCUT2D eigenvalue weighted by Gasteiger charge is 1.97. The van der Waals surface area contributed by atoms with Crippen molar-refractivity contribution in [2.24, 2.45) is 0 Å². The van der Waals surface area contributed by atoms with Crippen molar-refractivity contribution in [2.45, 2.75) is 111 Å². The Morgan fingerprint density at radius 3 is 1.38 bits per heavy atom. The summed E-state index contributed by atoms with van der Waals surface area (Å²) >= 11 is 0.